The van der Waals surface area contributed by atoms with Crippen LogP contribution in [0, 0.1) is 10.4 Å². The molecule has 0 amide bonds. The third kappa shape index (κ3) is 4.52. The molecule has 3 aromatic rings. The highest BCUT2D eigenvalue weighted by Gasteiger charge is 2.20. The average molecular weight is 482 g/mol. The maximum absolute atomic E-state index is 11.0. The standard InChI is InChI=1S/C31H31NO4/c33-24-16-22-6-2-3-7-26(22)31-27(19-24)28-20-36-30(18-23(28)17-29(31)34)21-8-10-25(11-9-21)35-15-14-32-12-4-1-5-13-32/h2-3,6-11,16-19,30,33-34H,1,4-5,12-15,20H2. The molecule has 1 atom stereocenters. The largest absolute Gasteiger partial charge is 0.508 e. The summed E-state index contributed by atoms with van der Waals surface area (Å²) in [5.74, 6) is 1.22. The number of allylic oxidation sites excluding steroid dienone is 1. The lowest BCUT2D eigenvalue weighted by Gasteiger charge is -2.26. The molecule has 36 heavy (non-hydrogen) atoms. The number of aliphatic hydroxyl groups excluding tert-OH is 1. The van der Waals surface area contributed by atoms with Crippen LogP contribution in [0.25, 0.3) is 18.2 Å². The van der Waals surface area contributed by atoms with E-state index in [1.54, 1.807) is 12.2 Å². The third-order valence-electron chi connectivity index (χ3n) is 7.39. The molecule has 2 aliphatic heterocycles. The van der Waals surface area contributed by atoms with Crippen LogP contribution in [0.1, 0.15) is 42.1 Å². The van der Waals surface area contributed by atoms with Gasteiger partial charge in [0.2, 0.25) is 0 Å². The lowest BCUT2D eigenvalue weighted by molar-refractivity contribution is 0.0757. The summed E-state index contributed by atoms with van der Waals surface area (Å²) in [6.07, 6.45) is 9.20. The van der Waals surface area contributed by atoms with Crippen molar-refractivity contribution in [1.82, 2.24) is 4.90 Å². The second-order valence-corrected chi connectivity index (χ2v) is 9.77. The van der Waals surface area contributed by atoms with Crippen molar-refractivity contribution in [1.29, 1.82) is 0 Å². The molecule has 2 heterocycles. The molecule has 5 heteroatoms. The van der Waals surface area contributed by atoms with E-state index in [-0.39, 0.29) is 17.6 Å². The lowest BCUT2D eigenvalue weighted by atomic mass is 9.96. The van der Waals surface area contributed by atoms with E-state index in [0.29, 0.717) is 13.2 Å². The number of benzene rings is 3. The van der Waals surface area contributed by atoms with Crippen molar-refractivity contribution in [3.63, 3.8) is 0 Å². The molecule has 3 aliphatic rings. The molecular formula is C31H31NO4. The smallest absolute Gasteiger partial charge is 0.124 e. The van der Waals surface area contributed by atoms with E-state index < -0.39 is 0 Å². The topological polar surface area (TPSA) is 62.2 Å². The van der Waals surface area contributed by atoms with Gasteiger partial charge in [0.25, 0.3) is 0 Å². The van der Waals surface area contributed by atoms with Crippen LogP contribution in [0.5, 0.6) is 11.5 Å². The first-order valence-electron chi connectivity index (χ1n) is 12.8. The van der Waals surface area contributed by atoms with Gasteiger partial charge < -0.3 is 19.7 Å². The Bertz CT molecular complexity index is 1520. The number of fused-ring (bicyclic) bond motifs is 4. The first kappa shape index (κ1) is 22.9. The molecule has 0 saturated carbocycles. The summed E-state index contributed by atoms with van der Waals surface area (Å²) in [5, 5.41) is 25.0. The minimum Gasteiger partial charge on any atom is -0.508 e. The molecule has 6 rings (SSSR count). The van der Waals surface area contributed by atoms with Crippen molar-refractivity contribution in [2.24, 2.45) is 0 Å². The Labute approximate surface area is 210 Å². The van der Waals surface area contributed by atoms with Gasteiger partial charge in [-0.1, -0.05) is 42.8 Å². The Balaban J connectivity index is 1.27. The van der Waals surface area contributed by atoms with Gasteiger partial charge in [-0.25, -0.2) is 0 Å². The van der Waals surface area contributed by atoms with Crippen molar-refractivity contribution < 1.29 is 19.7 Å². The maximum atomic E-state index is 11.0. The second kappa shape index (κ2) is 9.84. The highest BCUT2D eigenvalue weighted by atomic mass is 16.5. The zero-order valence-electron chi connectivity index (χ0n) is 20.3. The van der Waals surface area contributed by atoms with Gasteiger partial charge in [0.05, 0.1) is 6.61 Å². The van der Waals surface area contributed by atoms with Crippen molar-refractivity contribution in [2.75, 3.05) is 26.2 Å². The van der Waals surface area contributed by atoms with E-state index in [9.17, 15) is 10.2 Å². The Hall–Kier alpha value is -3.54. The average Bonchev–Trinajstić information content (AvgIpc) is 3.05. The van der Waals surface area contributed by atoms with Gasteiger partial charge in [0, 0.05) is 11.8 Å². The number of nitrogens with zero attached hydrogens (tertiary/aromatic N) is 1. The van der Waals surface area contributed by atoms with Crippen LogP contribution >= 0.6 is 0 Å². The predicted octanol–water partition coefficient (Wildman–Crippen LogP) is 4.29. The van der Waals surface area contributed by atoms with Crippen LogP contribution in [0.3, 0.4) is 0 Å². The van der Waals surface area contributed by atoms with Crippen molar-refractivity contribution in [3.05, 3.63) is 97.9 Å². The molecule has 184 valence electrons. The van der Waals surface area contributed by atoms with Gasteiger partial charge in [-0.15, -0.1) is 0 Å². The molecule has 1 saturated heterocycles. The minimum atomic E-state index is -0.223. The number of aliphatic hydroxyl groups is 1. The number of rotatable bonds is 5. The highest BCUT2D eigenvalue weighted by molar-refractivity contribution is 5.68. The van der Waals surface area contributed by atoms with E-state index in [0.717, 1.165) is 49.9 Å². The molecule has 3 aromatic carbocycles. The van der Waals surface area contributed by atoms with E-state index in [1.165, 1.54) is 32.4 Å². The monoisotopic (exact) mass is 481 g/mol. The predicted molar refractivity (Wildman–Crippen MR) is 141 cm³/mol. The van der Waals surface area contributed by atoms with Gasteiger partial charge in [0.15, 0.2) is 0 Å². The number of hydrogen-bond acceptors (Lipinski definition) is 5. The Kier molecular flexibility index (Phi) is 6.26. The van der Waals surface area contributed by atoms with Crippen LogP contribution in [-0.2, 0) is 11.3 Å². The van der Waals surface area contributed by atoms with E-state index in [4.69, 9.17) is 9.47 Å². The molecule has 1 unspecified atom stereocenters. The highest BCUT2D eigenvalue weighted by Crippen LogP contribution is 2.29. The van der Waals surface area contributed by atoms with Crippen molar-refractivity contribution >= 4 is 18.2 Å². The summed E-state index contributed by atoms with van der Waals surface area (Å²) < 4.78 is 12.2. The number of phenolic OH excluding ortho intramolecular Hbond substituents is 1. The first-order chi connectivity index (χ1) is 17.7. The molecule has 0 aromatic heterocycles. The SMILES string of the molecule is OC1=Cc2c3c(cc(O)c2=c2ccccc2=C1)=CC(c1ccc(OCCN2CCCCC2)cc1)OC3. The molecular weight excluding hydrogens is 450 g/mol. The van der Waals surface area contributed by atoms with Crippen LogP contribution in [-0.4, -0.2) is 41.4 Å². The summed E-state index contributed by atoms with van der Waals surface area (Å²) in [4.78, 5) is 2.47. The third-order valence-corrected chi connectivity index (χ3v) is 7.39. The first-order valence-corrected chi connectivity index (χ1v) is 12.8. The molecule has 0 radical (unpaired) electrons. The Morgan fingerprint density at radius 3 is 2.56 bits per heavy atom. The normalized spacial score (nSPS) is 19.0. The zero-order chi connectivity index (χ0) is 24.5. The van der Waals surface area contributed by atoms with Crippen molar-refractivity contribution in [2.45, 2.75) is 32.0 Å². The second-order valence-electron chi connectivity index (χ2n) is 9.77. The lowest BCUT2D eigenvalue weighted by Crippen LogP contribution is -2.33. The minimum absolute atomic E-state index is 0.159. The van der Waals surface area contributed by atoms with E-state index in [2.05, 4.69) is 4.90 Å². The molecule has 1 fully saturated rings. The number of aromatic hydroxyl groups is 1. The van der Waals surface area contributed by atoms with Gasteiger partial charge in [-0.3, -0.25) is 4.90 Å². The van der Waals surface area contributed by atoms with E-state index in [1.807, 2.05) is 60.7 Å². The maximum Gasteiger partial charge on any atom is 0.124 e. The quantitative estimate of drug-likeness (QED) is 0.569. The fourth-order valence-corrected chi connectivity index (χ4v) is 5.51. The number of likely N-dealkylation sites (tertiary alicyclic amines) is 1. The van der Waals surface area contributed by atoms with Gasteiger partial charge in [0.1, 0.15) is 30.0 Å². The summed E-state index contributed by atoms with van der Waals surface area (Å²) >= 11 is 0. The number of piperidine rings is 1. The van der Waals surface area contributed by atoms with E-state index >= 15 is 0 Å². The summed E-state index contributed by atoms with van der Waals surface area (Å²) in [5.41, 5.74) is 2.81. The summed E-state index contributed by atoms with van der Waals surface area (Å²) in [6, 6.07) is 17.7. The van der Waals surface area contributed by atoms with Gasteiger partial charge in [-0.05, 0) is 94.7 Å². The number of phenols is 1. The fraction of sp³-hybridized carbons (Fsp3) is 0.290. The molecule has 1 aliphatic carbocycles. The Morgan fingerprint density at radius 2 is 1.72 bits per heavy atom. The number of ether oxygens (including phenoxy) is 2. The van der Waals surface area contributed by atoms with Crippen molar-refractivity contribution in [3.8, 4) is 11.5 Å². The molecule has 2 N–H and O–H groups in total. The van der Waals surface area contributed by atoms with Gasteiger partial charge >= 0.3 is 0 Å². The van der Waals surface area contributed by atoms with Crippen LogP contribution in [0.4, 0.5) is 0 Å². The molecule has 5 nitrogen and oxygen atoms in total. The number of hydrogen-bond donors (Lipinski definition) is 2. The Morgan fingerprint density at radius 1 is 0.917 bits per heavy atom. The fourth-order valence-electron chi connectivity index (χ4n) is 5.51. The van der Waals surface area contributed by atoms with Crippen LogP contribution in [0.15, 0.2) is 60.4 Å². The van der Waals surface area contributed by atoms with Gasteiger partial charge in [-0.2, -0.15) is 0 Å². The summed E-state index contributed by atoms with van der Waals surface area (Å²) in [6.45, 7) is 4.41. The summed E-state index contributed by atoms with van der Waals surface area (Å²) in [7, 11) is 0. The molecule has 0 spiro atoms. The molecule has 0 bridgehead atoms. The van der Waals surface area contributed by atoms with Crippen LogP contribution < -0.4 is 15.2 Å². The van der Waals surface area contributed by atoms with Crippen LogP contribution in [0.2, 0.25) is 0 Å². The zero-order valence-corrected chi connectivity index (χ0v) is 20.3.